The Morgan fingerprint density at radius 1 is 1.03 bits per heavy atom. The van der Waals surface area contributed by atoms with Crippen LogP contribution in [-0.4, -0.2) is 19.1 Å². The van der Waals surface area contributed by atoms with Gasteiger partial charge in [0.05, 0.1) is 7.11 Å². The van der Waals surface area contributed by atoms with Crippen molar-refractivity contribution in [2.75, 3.05) is 7.11 Å². The molecule has 3 aromatic rings. The number of nitrogens with one attached hydrogen (secondary N) is 1. The number of hydrogen-bond acceptors (Lipinski definition) is 3. The lowest BCUT2D eigenvalue weighted by molar-refractivity contribution is -0.140. The molecule has 0 saturated heterocycles. The number of aryl methyl sites for hydroxylation is 1. The predicted molar refractivity (Wildman–Crippen MR) is 123 cm³/mol. The van der Waals surface area contributed by atoms with Gasteiger partial charge >= 0.3 is 5.97 Å². The third-order valence-corrected chi connectivity index (χ3v) is 6.50. The summed E-state index contributed by atoms with van der Waals surface area (Å²) in [4.78, 5) is 11.3. The minimum Gasteiger partial charge on any atom is -0.469 e. The minimum absolute atomic E-state index is 0.149. The number of fused-ring (bicyclic) bond motifs is 1. The van der Waals surface area contributed by atoms with Gasteiger partial charge in [-0.05, 0) is 66.0 Å². The second-order valence-electron chi connectivity index (χ2n) is 8.48. The molecule has 1 unspecified atom stereocenters. The Morgan fingerprint density at radius 3 is 2.60 bits per heavy atom. The van der Waals surface area contributed by atoms with Gasteiger partial charge < -0.3 is 10.1 Å². The van der Waals surface area contributed by atoms with E-state index in [1.165, 1.54) is 53.8 Å². The summed E-state index contributed by atoms with van der Waals surface area (Å²) in [6.07, 6.45) is 4.80. The molecule has 0 heterocycles. The van der Waals surface area contributed by atoms with Crippen molar-refractivity contribution in [3.05, 3.63) is 83.4 Å². The van der Waals surface area contributed by atoms with E-state index in [4.69, 9.17) is 4.74 Å². The fraction of sp³-hybridized carbons (Fsp3) is 0.370. The summed E-state index contributed by atoms with van der Waals surface area (Å²) in [6.45, 7) is 2.28. The summed E-state index contributed by atoms with van der Waals surface area (Å²) in [5.41, 5.74) is 3.99. The lowest BCUT2D eigenvalue weighted by Gasteiger charge is -2.21. The molecule has 0 aliphatic heterocycles. The average Bonchev–Trinajstić information content (AvgIpc) is 3.25. The van der Waals surface area contributed by atoms with Crippen LogP contribution in [-0.2, 0) is 16.0 Å². The van der Waals surface area contributed by atoms with E-state index in [9.17, 15) is 4.79 Å². The summed E-state index contributed by atoms with van der Waals surface area (Å²) in [7, 11) is 1.44. The zero-order chi connectivity index (χ0) is 20.9. The van der Waals surface area contributed by atoms with Crippen LogP contribution < -0.4 is 5.32 Å². The molecular weight excluding hydrogens is 370 g/mol. The van der Waals surface area contributed by atoms with Gasteiger partial charge in [-0.25, -0.2) is 0 Å². The number of esters is 1. The normalized spacial score (nSPS) is 19.7. The minimum atomic E-state index is -0.149. The highest BCUT2D eigenvalue weighted by Crippen LogP contribution is 2.36. The maximum absolute atomic E-state index is 11.3. The molecule has 1 saturated carbocycles. The summed E-state index contributed by atoms with van der Waals surface area (Å²) in [5.74, 6) is 0.459. The molecule has 0 radical (unpaired) electrons. The van der Waals surface area contributed by atoms with Crippen molar-refractivity contribution in [3.8, 4) is 0 Å². The summed E-state index contributed by atoms with van der Waals surface area (Å²) in [6, 6.07) is 24.9. The Balaban J connectivity index is 1.35. The lowest BCUT2D eigenvalue weighted by Crippen LogP contribution is -2.29. The van der Waals surface area contributed by atoms with Crippen LogP contribution in [0, 0.1) is 0 Å². The van der Waals surface area contributed by atoms with E-state index < -0.39 is 0 Å². The first-order valence-corrected chi connectivity index (χ1v) is 11.0. The van der Waals surface area contributed by atoms with Gasteiger partial charge in [-0.3, -0.25) is 4.79 Å². The molecule has 3 aromatic carbocycles. The number of hydrogen-bond donors (Lipinski definition) is 1. The SMILES string of the molecule is COC(=O)CCc1ccc(C2CC[C@H](N[C@H](C)c3cccc4ccccc34)C2)cc1. The molecule has 30 heavy (non-hydrogen) atoms. The molecule has 4 rings (SSSR count). The first kappa shape index (κ1) is 20.6. The molecule has 3 atom stereocenters. The molecule has 1 N–H and O–H groups in total. The Morgan fingerprint density at radius 2 is 1.80 bits per heavy atom. The molecule has 1 aliphatic rings. The second-order valence-corrected chi connectivity index (χ2v) is 8.48. The highest BCUT2D eigenvalue weighted by atomic mass is 16.5. The van der Waals surface area contributed by atoms with E-state index in [-0.39, 0.29) is 5.97 Å². The van der Waals surface area contributed by atoms with Crippen molar-refractivity contribution in [1.29, 1.82) is 0 Å². The highest BCUT2D eigenvalue weighted by molar-refractivity contribution is 5.86. The van der Waals surface area contributed by atoms with E-state index in [2.05, 4.69) is 79.0 Å². The van der Waals surface area contributed by atoms with Gasteiger partial charge in [-0.1, -0.05) is 66.7 Å². The van der Waals surface area contributed by atoms with Gasteiger partial charge in [0.25, 0.3) is 0 Å². The largest absolute Gasteiger partial charge is 0.469 e. The number of carbonyl (C=O) groups is 1. The quantitative estimate of drug-likeness (QED) is 0.499. The topological polar surface area (TPSA) is 38.3 Å². The Labute approximate surface area is 179 Å². The average molecular weight is 402 g/mol. The van der Waals surface area contributed by atoms with E-state index in [0.29, 0.717) is 24.4 Å². The molecule has 0 amide bonds. The molecule has 0 aromatic heterocycles. The number of rotatable bonds is 7. The Bertz CT molecular complexity index is 990. The molecule has 0 spiro atoms. The number of ether oxygens (including phenoxy) is 1. The van der Waals surface area contributed by atoms with Crippen LogP contribution in [0.15, 0.2) is 66.7 Å². The molecule has 0 bridgehead atoms. The monoisotopic (exact) mass is 401 g/mol. The number of carbonyl (C=O) groups excluding carboxylic acids is 1. The fourth-order valence-corrected chi connectivity index (χ4v) is 4.81. The van der Waals surface area contributed by atoms with E-state index in [0.717, 1.165) is 6.42 Å². The van der Waals surface area contributed by atoms with Crippen molar-refractivity contribution in [2.45, 2.75) is 57.0 Å². The van der Waals surface area contributed by atoms with E-state index in [1.54, 1.807) is 0 Å². The molecule has 1 fully saturated rings. The summed E-state index contributed by atoms with van der Waals surface area (Å²) >= 11 is 0. The maximum Gasteiger partial charge on any atom is 0.305 e. The molecule has 3 nitrogen and oxygen atoms in total. The highest BCUT2D eigenvalue weighted by Gasteiger charge is 2.27. The summed E-state index contributed by atoms with van der Waals surface area (Å²) < 4.78 is 4.73. The second kappa shape index (κ2) is 9.44. The van der Waals surface area contributed by atoms with E-state index in [1.807, 2.05) is 0 Å². The van der Waals surface area contributed by atoms with Crippen molar-refractivity contribution >= 4 is 16.7 Å². The predicted octanol–water partition coefficient (Wildman–Crippen LogP) is 5.93. The number of methoxy groups -OCH3 is 1. The van der Waals surface area contributed by atoms with Crippen molar-refractivity contribution < 1.29 is 9.53 Å². The number of benzene rings is 3. The van der Waals surface area contributed by atoms with Crippen LogP contribution in [0.4, 0.5) is 0 Å². The van der Waals surface area contributed by atoms with Crippen LogP contribution in [0.3, 0.4) is 0 Å². The lowest BCUT2D eigenvalue weighted by atomic mass is 9.95. The Kier molecular flexibility index (Phi) is 6.49. The maximum atomic E-state index is 11.3. The van der Waals surface area contributed by atoms with Crippen LogP contribution in [0.1, 0.15) is 61.3 Å². The first-order valence-electron chi connectivity index (χ1n) is 11.0. The zero-order valence-corrected chi connectivity index (χ0v) is 17.9. The van der Waals surface area contributed by atoms with E-state index >= 15 is 0 Å². The van der Waals surface area contributed by atoms with Crippen LogP contribution in [0.5, 0.6) is 0 Å². The van der Waals surface area contributed by atoms with Crippen LogP contribution >= 0.6 is 0 Å². The van der Waals surface area contributed by atoms with Gasteiger partial charge in [0.1, 0.15) is 0 Å². The van der Waals surface area contributed by atoms with Crippen LogP contribution in [0.2, 0.25) is 0 Å². The zero-order valence-electron chi connectivity index (χ0n) is 17.9. The van der Waals surface area contributed by atoms with Crippen molar-refractivity contribution in [2.24, 2.45) is 0 Å². The van der Waals surface area contributed by atoms with Gasteiger partial charge in [-0.2, -0.15) is 0 Å². The molecular formula is C27H31NO2. The van der Waals surface area contributed by atoms with Crippen molar-refractivity contribution in [3.63, 3.8) is 0 Å². The Hall–Kier alpha value is -2.65. The van der Waals surface area contributed by atoms with Gasteiger partial charge in [0.2, 0.25) is 0 Å². The third-order valence-electron chi connectivity index (χ3n) is 6.50. The van der Waals surface area contributed by atoms with Gasteiger partial charge in [0.15, 0.2) is 0 Å². The first-order chi connectivity index (χ1) is 14.6. The smallest absolute Gasteiger partial charge is 0.305 e. The fourth-order valence-electron chi connectivity index (χ4n) is 4.81. The standard InChI is InChI=1S/C27H31NO2/c1-19(25-9-5-7-22-6-3-4-8-26(22)25)28-24-16-15-23(18-24)21-13-10-20(11-14-21)12-17-27(29)30-2/h3-11,13-14,19,23-24,28H,12,15-18H2,1-2H3/t19-,23?,24+/m1/s1. The third kappa shape index (κ3) is 4.73. The molecule has 156 valence electrons. The van der Waals surface area contributed by atoms with Gasteiger partial charge in [0, 0.05) is 18.5 Å². The molecule has 1 aliphatic carbocycles. The van der Waals surface area contributed by atoms with Gasteiger partial charge in [-0.15, -0.1) is 0 Å². The molecule has 3 heteroatoms. The van der Waals surface area contributed by atoms with Crippen molar-refractivity contribution in [1.82, 2.24) is 5.32 Å². The van der Waals surface area contributed by atoms with Crippen LogP contribution in [0.25, 0.3) is 10.8 Å². The summed E-state index contributed by atoms with van der Waals surface area (Å²) in [5, 5.41) is 6.54.